The van der Waals surface area contributed by atoms with Crippen LogP contribution in [-0.2, 0) is 0 Å². The lowest BCUT2D eigenvalue weighted by atomic mass is 9.97. The Morgan fingerprint density at radius 2 is 2.00 bits per heavy atom. The van der Waals surface area contributed by atoms with Crippen LogP contribution in [0.1, 0.15) is 52.0 Å². The minimum Gasteiger partial charge on any atom is -0.493 e. The minimum atomic E-state index is -0.178. The van der Waals surface area contributed by atoms with E-state index in [0.29, 0.717) is 29.2 Å². The molecule has 1 N–H and O–H groups in total. The first-order valence-electron chi connectivity index (χ1n) is 9.58. The van der Waals surface area contributed by atoms with Gasteiger partial charge in [0.1, 0.15) is 5.75 Å². The molecule has 2 aromatic rings. The lowest BCUT2D eigenvalue weighted by Crippen LogP contribution is -2.45. The topological polar surface area (TPSA) is 58.6 Å². The molecule has 140 valence electrons. The monoisotopic (exact) mass is 364 g/mol. The van der Waals surface area contributed by atoms with E-state index in [2.05, 4.69) is 5.32 Å². The lowest BCUT2D eigenvalue weighted by molar-refractivity contribution is 0.0548. The maximum atomic E-state index is 13.1. The summed E-state index contributed by atoms with van der Waals surface area (Å²) in [5, 5.41) is 2.91. The predicted molar refractivity (Wildman–Crippen MR) is 104 cm³/mol. The van der Waals surface area contributed by atoms with E-state index in [4.69, 9.17) is 4.74 Å². The standard InChI is InChI=1S/C22H24N2O3/c1-15-6-2-3-8-18(15)21(25)23-16-9-10-20-19(14-16)22(26)24-12-5-4-7-17(24)11-13-27-20/h2-3,6,8-10,14,17H,4-5,7,11-13H2,1H3,(H,23,25). The van der Waals surface area contributed by atoms with Crippen molar-refractivity contribution in [2.75, 3.05) is 18.5 Å². The van der Waals surface area contributed by atoms with Gasteiger partial charge in [0.25, 0.3) is 11.8 Å². The van der Waals surface area contributed by atoms with Crippen molar-refractivity contribution in [2.24, 2.45) is 0 Å². The molecule has 0 aromatic heterocycles. The highest BCUT2D eigenvalue weighted by molar-refractivity contribution is 6.06. The zero-order valence-electron chi connectivity index (χ0n) is 15.5. The number of hydrogen-bond donors (Lipinski definition) is 1. The summed E-state index contributed by atoms with van der Waals surface area (Å²) in [6.45, 7) is 3.31. The van der Waals surface area contributed by atoms with E-state index in [1.54, 1.807) is 24.3 Å². The number of anilines is 1. The molecular weight excluding hydrogens is 340 g/mol. The number of benzene rings is 2. The second-order valence-corrected chi connectivity index (χ2v) is 7.27. The molecule has 2 aromatic carbocycles. The normalized spacial score (nSPS) is 19.2. The van der Waals surface area contributed by atoms with E-state index in [-0.39, 0.29) is 17.9 Å². The van der Waals surface area contributed by atoms with Crippen LogP contribution in [0.5, 0.6) is 5.75 Å². The molecule has 2 heterocycles. The van der Waals surface area contributed by atoms with Crippen molar-refractivity contribution in [2.45, 2.75) is 38.6 Å². The van der Waals surface area contributed by atoms with E-state index >= 15 is 0 Å². The maximum absolute atomic E-state index is 13.1. The zero-order valence-corrected chi connectivity index (χ0v) is 15.5. The molecule has 2 aliphatic rings. The third-order valence-corrected chi connectivity index (χ3v) is 5.45. The average Bonchev–Trinajstić information content (AvgIpc) is 2.68. The van der Waals surface area contributed by atoms with Crippen LogP contribution in [0.3, 0.4) is 0 Å². The van der Waals surface area contributed by atoms with Crippen LogP contribution in [0.15, 0.2) is 42.5 Å². The molecule has 1 unspecified atom stereocenters. The third-order valence-electron chi connectivity index (χ3n) is 5.45. The van der Waals surface area contributed by atoms with Gasteiger partial charge in [-0.15, -0.1) is 0 Å². The second-order valence-electron chi connectivity index (χ2n) is 7.27. The van der Waals surface area contributed by atoms with Gasteiger partial charge in [0.05, 0.1) is 12.2 Å². The van der Waals surface area contributed by atoms with Gasteiger partial charge < -0.3 is 15.0 Å². The van der Waals surface area contributed by atoms with Gasteiger partial charge in [-0.2, -0.15) is 0 Å². The van der Waals surface area contributed by atoms with Gasteiger partial charge in [-0.05, 0) is 56.0 Å². The van der Waals surface area contributed by atoms with E-state index in [9.17, 15) is 9.59 Å². The third kappa shape index (κ3) is 3.54. The molecule has 5 heteroatoms. The Labute approximate surface area is 159 Å². The average molecular weight is 364 g/mol. The van der Waals surface area contributed by atoms with E-state index in [0.717, 1.165) is 37.8 Å². The molecule has 27 heavy (non-hydrogen) atoms. The number of carbonyl (C=O) groups is 2. The van der Waals surface area contributed by atoms with Crippen molar-refractivity contribution in [1.82, 2.24) is 4.90 Å². The van der Waals surface area contributed by atoms with Gasteiger partial charge in [-0.1, -0.05) is 18.2 Å². The predicted octanol–water partition coefficient (Wildman–Crippen LogP) is 4.02. The number of fused-ring (bicyclic) bond motifs is 2. The molecule has 2 aliphatic heterocycles. The Hall–Kier alpha value is -2.82. The summed E-state index contributed by atoms with van der Waals surface area (Å²) in [4.78, 5) is 27.7. The summed E-state index contributed by atoms with van der Waals surface area (Å²) in [5.41, 5.74) is 2.68. The summed E-state index contributed by atoms with van der Waals surface area (Å²) in [7, 11) is 0. The van der Waals surface area contributed by atoms with Crippen LogP contribution in [0.2, 0.25) is 0 Å². The molecule has 0 bridgehead atoms. The van der Waals surface area contributed by atoms with Gasteiger partial charge in [-0.3, -0.25) is 9.59 Å². The van der Waals surface area contributed by atoms with Gasteiger partial charge >= 0.3 is 0 Å². The van der Waals surface area contributed by atoms with Crippen LogP contribution in [0.4, 0.5) is 5.69 Å². The molecular formula is C22H24N2O3. The highest BCUT2D eigenvalue weighted by Crippen LogP contribution is 2.31. The summed E-state index contributed by atoms with van der Waals surface area (Å²) in [5.74, 6) is 0.419. The Morgan fingerprint density at radius 3 is 2.85 bits per heavy atom. The fourth-order valence-electron chi connectivity index (χ4n) is 3.95. The Bertz CT molecular complexity index is 878. The van der Waals surface area contributed by atoms with Gasteiger partial charge in [-0.25, -0.2) is 0 Å². The maximum Gasteiger partial charge on any atom is 0.257 e. The summed E-state index contributed by atoms with van der Waals surface area (Å²) >= 11 is 0. The lowest BCUT2D eigenvalue weighted by Gasteiger charge is -2.37. The molecule has 5 nitrogen and oxygen atoms in total. The van der Waals surface area contributed by atoms with Crippen LogP contribution < -0.4 is 10.1 Å². The number of amides is 2. The van der Waals surface area contributed by atoms with Crippen molar-refractivity contribution in [3.63, 3.8) is 0 Å². The largest absolute Gasteiger partial charge is 0.493 e. The first kappa shape index (κ1) is 17.6. The quantitative estimate of drug-likeness (QED) is 0.875. The van der Waals surface area contributed by atoms with Gasteiger partial charge in [0, 0.05) is 30.3 Å². The number of nitrogens with zero attached hydrogens (tertiary/aromatic N) is 1. The van der Waals surface area contributed by atoms with Crippen molar-refractivity contribution in [3.05, 3.63) is 59.2 Å². The number of nitrogens with one attached hydrogen (secondary N) is 1. The highest BCUT2D eigenvalue weighted by Gasteiger charge is 2.31. The van der Waals surface area contributed by atoms with Crippen LogP contribution in [-0.4, -0.2) is 35.9 Å². The van der Waals surface area contributed by atoms with Crippen molar-refractivity contribution in [1.29, 1.82) is 0 Å². The summed E-state index contributed by atoms with van der Waals surface area (Å²) < 4.78 is 5.85. The Balaban J connectivity index is 1.61. The smallest absolute Gasteiger partial charge is 0.257 e. The number of piperidine rings is 1. The molecule has 0 spiro atoms. The number of hydrogen-bond acceptors (Lipinski definition) is 3. The van der Waals surface area contributed by atoms with Crippen LogP contribution in [0.25, 0.3) is 0 Å². The number of rotatable bonds is 2. The molecule has 2 amide bonds. The first-order chi connectivity index (χ1) is 13.1. The first-order valence-corrected chi connectivity index (χ1v) is 9.58. The fraction of sp³-hybridized carbons (Fsp3) is 0.364. The van der Waals surface area contributed by atoms with Gasteiger partial charge in [0.2, 0.25) is 0 Å². The molecule has 1 fully saturated rings. The van der Waals surface area contributed by atoms with Crippen molar-refractivity contribution >= 4 is 17.5 Å². The van der Waals surface area contributed by atoms with Crippen molar-refractivity contribution < 1.29 is 14.3 Å². The van der Waals surface area contributed by atoms with E-state index in [1.807, 2.05) is 30.0 Å². The molecule has 1 atom stereocenters. The van der Waals surface area contributed by atoms with Gasteiger partial charge in [0.15, 0.2) is 0 Å². The molecule has 1 saturated heterocycles. The second kappa shape index (κ2) is 7.43. The Morgan fingerprint density at radius 1 is 1.15 bits per heavy atom. The molecule has 0 radical (unpaired) electrons. The van der Waals surface area contributed by atoms with E-state index in [1.165, 1.54) is 0 Å². The molecule has 0 saturated carbocycles. The van der Waals surface area contributed by atoms with Crippen LogP contribution in [0, 0.1) is 6.92 Å². The Kier molecular flexibility index (Phi) is 4.84. The minimum absolute atomic E-state index is 0.00129. The number of carbonyl (C=O) groups excluding carboxylic acids is 2. The molecule has 4 rings (SSSR count). The zero-order chi connectivity index (χ0) is 18.8. The summed E-state index contributed by atoms with van der Waals surface area (Å²) in [6, 6.07) is 13.0. The van der Waals surface area contributed by atoms with Crippen molar-refractivity contribution in [3.8, 4) is 5.75 Å². The number of ether oxygens (including phenoxy) is 1. The highest BCUT2D eigenvalue weighted by atomic mass is 16.5. The van der Waals surface area contributed by atoms with Crippen LogP contribution >= 0.6 is 0 Å². The van der Waals surface area contributed by atoms with E-state index < -0.39 is 0 Å². The SMILES string of the molecule is Cc1ccccc1C(=O)Nc1ccc2c(c1)C(=O)N1CCCCC1CCO2. The fourth-order valence-corrected chi connectivity index (χ4v) is 3.95. The molecule has 0 aliphatic carbocycles. The summed E-state index contributed by atoms with van der Waals surface area (Å²) in [6.07, 6.45) is 4.11. The number of aryl methyl sites for hydroxylation is 1.